The highest BCUT2D eigenvalue weighted by Crippen LogP contribution is 2.39. The van der Waals surface area contributed by atoms with E-state index in [0.29, 0.717) is 6.04 Å². The Morgan fingerprint density at radius 3 is 2.63 bits per heavy atom. The minimum Gasteiger partial charge on any atom is -0.309 e. The number of hydrogen-bond donors (Lipinski definition) is 1. The second-order valence-electron chi connectivity index (χ2n) is 6.12. The third kappa shape index (κ3) is 3.82. The minimum atomic E-state index is 0.613. The van der Waals surface area contributed by atoms with Crippen LogP contribution in [0.4, 0.5) is 0 Å². The second kappa shape index (κ2) is 7.44. The van der Waals surface area contributed by atoms with Crippen molar-refractivity contribution in [1.29, 1.82) is 0 Å². The molecule has 1 aliphatic carbocycles. The predicted molar refractivity (Wildman–Crippen MR) is 85.9 cm³/mol. The molecule has 108 valence electrons. The molecular weight excluding hydrogens is 250 g/mol. The van der Waals surface area contributed by atoms with Gasteiger partial charge in [-0.3, -0.25) is 0 Å². The third-order valence-electron chi connectivity index (χ3n) is 4.59. The molecule has 1 nitrogen and oxygen atoms in total. The zero-order valence-corrected chi connectivity index (χ0v) is 13.6. The highest BCUT2D eigenvalue weighted by molar-refractivity contribution is 7.10. The molecule has 1 heterocycles. The Balaban J connectivity index is 2.11. The van der Waals surface area contributed by atoms with Gasteiger partial charge in [0.05, 0.1) is 0 Å². The van der Waals surface area contributed by atoms with Crippen LogP contribution in [-0.4, -0.2) is 6.54 Å². The van der Waals surface area contributed by atoms with Gasteiger partial charge in [0.2, 0.25) is 0 Å². The summed E-state index contributed by atoms with van der Waals surface area (Å²) in [7, 11) is 0. The lowest BCUT2D eigenvalue weighted by Gasteiger charge is -2.33. The summed E-state index contributed by atoms with van der Waals surface area (Å²) in [5.74, 6) is 1.80. The zero-order valence-electron chi connectivity index (χ0n) is 12.7. The average molecular weight is 279 g/mol. The first kappa shape index (κ1) is 15.1. The van der Waals surface area contributed by atoms with E-state index >= 15 is 0 Å². The lowest BCUT2D eigenvalue weighted by molar-refractivity contribution is 0.233. The summed E-state index contributed by atoms with van der Waals surface area (Å²) in [6.07, 6.45) is 8.05. The normalized spacial score (nSPS) is 25.4. The molecule has 1 N–H and O–H groups in total. The molecule has 0 amide bonds. The summed E-state index contributed by atoms with van der Waals surface area (Å²) in [5, 5.41) is 6.12. The highest BCUT2D eigenvalue weighted by atomic mass is 32.1. The summed E-state index contributed by atoms with van der Waals surface area (Å²) in [5.41, 5.74) is 1.57. The summed E-state index contributed by atoms with van der Waals surface area (Å²) in [6.45, 7) is 8.11. The van der Waals surface area contributed by atoms with E-state index in [-0.39, 0.29) is 0 Å². The van der Waals surface area contributed by atoms with Gasteiger partial charge in [-0.05, 0) is 61.1 Å². The molecule has 0 radical (unpaired) electrons. The van der Waals surface area contributed by atoms with E-state index in [1.54, 1.807) is 10.4 Å². The van der Waals surface area contributed by atoms with Crippen molar-refractivity contribution < 1.29 is 0 Å². The highest BCUT2D eigenvalue weighted by Gasteiger charge is 2.28. The lowest BCUT2D eigenvalue weighted by Crippen LogP contribution is -2.31. The Morgan fingerprint density at radius 2 is 2.00 bits per heavy atom. The fraction of sp³-hybridized carbons (Fsp3) is 0.765. The molecule has 19 heavy (non-hydrogen) atoms. The third-order valence-corrected chi connectivity index (χ3v) is 5.63. The monoisotopic (exact) mass is 279 g/mol. The SMILES string of the molecule is CCCNC(c1sccc1CC)C1CCC(C)CC1. The Morgan fingerprint density at radius 1 is 1.26 bits per heavy atom. The van der Waals surface area contributed by atoms with Crippen LogP contribution in [0.3, 0.4) is 0 Å². The Kier molecular flexibility index (Phi) is 5.90. The van der Waals surface area contributed by atoms with Gasteiger partial charge in [0.15, 0.2) is 0 Å². The van der Waals surface area contributed by atoms with Gasteiger partial charge in [-0.1, -0.05) is 33.6 Å². The van der Waals surface area contributed by atoms with Gasteiger partial charge >= 0.3 is 0 Å². The van der Waals surface area contributed by atoms with Gasteiger partial charge in [0.1, 0.15) is 0 Å². The predicted octanol–water partition coefficient (Wildman–Crippen LogP) is 5.18. The van der Waals surface area contributed by atoms with Crippen LogP contribution in [0.1, 0.15) is 69.4 Å². The van der Waals surface area contributed by atoms with Crippen molar-refractivity contribution in [2.45, 2.75) is 65.3 Å². The van der Waals surface area contributed by atoms with Gasteiger partial charge in [-0.15, -0.1) is 11.3 Å². The molecule has 1 saturated carbocycles. The Labute approximate surface area is 122 Å². The lowest BCUT2D eigenvalue weighted by atomic mass is 9.78. The van der Waals surface area contributed by atoms with Crippen LogP contribution in [-0.2, 0) is 6.42 Å². The van der Waals surface area contributed by atoms with Crippen molar-refractivity contribution in [1.82, 2.24) is 5.32 Å². The van der Waals surface area contributed by atoms with Gasteiger partial charge < -0.3 is 5.32 Å². The van der Waals surface area contributed by atoms with Gasteiger partial charge in [-0.25, -0.2) is 0 Å². The number of thiophene rings is 1. The van der Waals surface area contributed by atoms with Crippen molar-refractivity contribution in [3.05, 3.63) is 21.9 Å². The van der Waals surface area contributed by atoms with Crippen LogP contribution < -0.4 is 5.32 Å². The van der Waals surface area contributed by atoms with Crippen LogP contribution in [0.2, 0.25) is 0 Å². The molecule has 1 fully saturated rings. The largest absolute Gasteiger partial charge is 0.309 e. The van der Waals surface area contributed by atoms with E-state index in [2.05, 4.69) is 37.5 Å². The first-order valence-corrected chi connectivity index (χ1v) is 8.93. The van der Waals surface area contributed by atoms with E-state index in [1.165, 1.54) is 38.5 Å². The maximum Gasteiger partial charge on any atom is 0.0446 e. The zero-order chi connectivity index (χ0) is 13.7. The van der Waals surface area contributed by atoms with Crippen LogP contribution >= 0.6 is 11.3 Å². The number of nitrogens with one attached hydrogen (secondary N) is 1. The van der Waals surface area contributed by atoms with Gasteiger partial charge in [0, 0.05) is 10.9 Å². The molecule has 2 heteroatoms. The molecule has 1 unspecified atom stereocenters. The molecule has 1 aliphatic rings. The molecule has 0 spiro atoms. The Hall–Kier alpha value is -0.340. The Bertz CT molecular complexity index is 363. The van der Waals surface area contributed by atoms with E-state index in [1.807, 2.05) is 11.3 Å². The first-order chi connectivity index (χ1) is 9.26. The minimum absolute atomic E-state index is 0.613. The van der Waals surface area contributed by atoms with E-state index < -0.39 is 0 Å². The van der Waals surface area contributed by atoms with Crippen LogP contribution in [0.5, 0.6) is 0 Å². The molecule has 1 aromatic rings. The van der Waals surface area contributed by atoms with Crippen molar-refractivity contribution in [3.63, 3.8) is 0 Å². The van der Waals surface area contributed by atoms with Crippen molar-refractivity contribution in [2.24, 2.45) is 11.8 Å². The van der Waals surface area contributed by atoms with E-state index in [0.717, 1.165) is 18.4 Å². The summed E-state index contributed by atoms with van der Waals surface area (Å²) in [6, 6.07) is 2.94. The molecular formula is C17H29NS. The van der Waals surface area contributed by atoms with E-state index in [4.69, 9.17) is 0 Å². The molecule has 1 aromatic heterocycles. The maximum absolute atomic E-state index is 3.84. The van der Waals surface area contributed by atoms with E-state index in [9.17, 15) is 0 Å². The fourth-order valence-electron chi connectivity index (χ4n) is 3.30. The molecule has 0 saturated heterocycles. The molecule has 0 aliphatic heterocycles. The summed E-state index contributed by atoms with van der Waals surface area (Å²) >= 11 is 1.96. The molecule has 0 aromatic carbocycles. The molecule has 1 atom stereocenters. The molecule has 2 rings (SSSR count). The van der Waals surface area contributed by atoms with Crippen molar-refractivity contribution in [2.75, 3.05) is 6.54 Å². The topological polar surface area (TPSA) is 12.0 Å². The smallest absolute Gasteiger partial charge is 0.0446 e. The number of rotatable bonds is 6. The van der Waals surface area contributed by atoms with Crippen molar-refractivity contribution in [3.8, 4) is 0 Å². The van der Waals surface area contributed by atoms with Crippen LogP contribution in [0.15, 0.2) is 11.4 Å². The van der Waals surface area contributed by atoms with Crippen LogP contribution in [0, 0.1) is 11.8 Å². The summed E-state index contributed by atoms with van der Waals surface area (Å²) < 4.78 is 0. The van der Waals surface area contributed by atoms with Crippen LogP contribution in [0.25, 0.3) is 0 Å². The van der Waals surface area contributed by atoms with Gasteiger partial charge in [-0.2, -0.15) is 0 Å². The molecule has 0 bridgehead atoms. The first-order valence-electron chi connectivity index (χ1n) is 8.05. The van der Waals surface area contributed by atoms with Gasteiger partial charge in [0.25, 0.3) is 0 Å². The average Bonchev–Trinajstić information content (AvgIpc) is 2.89. The standard InChI is InChI=1S/C17H29NS/c1-4-11-18-16(15-8-6-13(3)7-9-15)17-14(5-2)10-12-19-17/h10,12-13,15-16,18H,4-9,11H2,1-3H3. The second-order valence-corrected chi connectivity index (χ2v) is 7.06. The quantitative estimate of drug-likeness (QED) is 0.756. The number of aryl methyl sites for hydroxylation is 1. The fourth-order valence-corrected chi connectivity index (χ4v) is 4.47. The number of hydrogen-bond acceptors (Lipinski definition) is 2. The van der Waals surface area contributed by atoms with Crippen molar-refractivity contribution >= 4 is 11.3 Å². The maximum atomic E-state index is 3.84. The summed E-state index contributed by atoms with van der Waals surface area (Å²) in [4.78, 5) is 1.62.